The molecular formula is C14H18ClN3O2. The lowest BCUT2D eigenvalue weighted by Gasteiger charge is -2.20. The van der Waals surface area contributed by atoms with Crippen LogP contribution in [0.15, 0.2) is 24.5 Å². The predicted octanol–water partition coefficient (Wildman–Crippen LogP) is 2.22. The van der Waals surface area contributed by atoms with Gasteiger partial charge in [0.15, 0.2) is 0 Å². The van der Waals surface area contributed by atoms with E-state index >= 15 is 0 Å². The fourth-order valence-corrected chi connectivity index (χ4v) is 2.09. The summed E-state index contributed by atoms with van der Waals surface area (Å²) in [7, 11) is 3.70. The molecule has 1 atom stereocenters. The van der Waals surface area contributed by atoms with Crippen molar-refractivity contribution in [3.63, 3.8) is 0 Å². The summed E-state index contributed by atoms with van der Waals surface area (Å²) in [5.41, 5.74) is 0.500. The quantitative estimate of drug-likeness (QED) is 0.866. The number of hydrogen-bond acceptors (Lipinski definition) is 4. The summed E-state index contributed by atoms with van der Waals surface area (Å²) in [6, 6.07) is 3.27. The molecule has 0 radical (unpaired) electrons. The highest BCUT2D eigenvalue weighted by Gasteiger charge is 2.14. The third-order valence-corrected chi connectivity index (χ3v) is 3.21. The second-order valence-electron chi connectivity index (χ2n) is 4.85. The van der Waals surface area contributed by atoms with Gasteiger partial charge in [-0.15, -0.1) is 0 Å². The molecule has 6 heteroatoms. The molecule has 5 nitrogen and oxygen atoms in total. The summed E-state index contributed by atoms with van der Waals surface area (Å²) in [6.45, 7) is 0.487. The third-order valence-electron chi connectivity index (χ3n) is 3.01. The van der Waals surface area contributed by atoms with Crippen LogP contribution >= 0.6 is 11.6 Å². The highest BCUT2D eigenvalue weighted by Crippen LogP contribution is 2.16. The first-order valence-electron chi connectivity index (χ1n) is 6.50. The van der Waals surface area contributed by atoms with Gasteiger partial charge in [0.2, 0.25) is 0 Å². The van der Waals surface area contributed by atoms with E-state index in [1.807, 2.05) is 20.2 Å². The van der Waals surface area contributed by atoms with Gasteiger partial charge in [-0.25, -0.2) is 4.98 Å². The molecule has 2 rings (SSSR count). The number of amides is 1. The van der Waals surface area contributed by atoms with E-state index in [1.54, 1.807) is 23.3 Å². The zero-order valence-corrected chi connectivity index (χ0v) is 12.4. The van der Waals surface area contributed by atoms with Gasteiger partial charge >= 0.3 is 0 Å². The molecule has 0 fully saturated rings. The van der Waals surface area contributed by atoms with Gasteiger partial charge in [-0.1, -0.05) is 11.6 Å². The van der Waals surface area contributed by atoms with Crippen molar-refractivity contribution in [3.05, 3.63) is 35.2 Å². The molecule has 1 aromatic heterocycles. The van der Waals surface area contributed by atoms with Crippen molar-refractivity contribution < 1.29 is 9.53 Å². The molecule has 1 aromatic rings. The van der Waals surface area contributed by atoms with E-state index in [2.05, 4.69) is 10.3 Å². The molecule has 0 spiro atoms. The van der Waals surface area contributed by atoms with Crippen LogP contribution in [-0.2, 0) is 4.74 Å². The molecule has 2 heterocycles. The summed E-state index contributed by atoms with van der Waals surface area (Å²) in [4.78, 5) is 18.1. The van der Waals surface area contributed by atoms with Crippen LogP contribution in [0.5, 0.6) is 0 Å². The molecule has 1 unspecified atom stereocenters. The maximum Gasteiger partial charge on any atom is 0.251 e. The first-order valence-corrected chi connectivity index (χ1v) is 6.87. The summed E-state index contributed by atoms with van der Waals surface area (Å²) in [5, 5.41) is 3.16. The Bertz CT molecular complexity index is 517. The number of hydrogen-bond donors (Lipinski definition) is 1. The molecule has 0 aromatic carbocycles. The van der Waals surface area contributed by atoms with Crippen LogP contribution in [0.1, 0.15) is 23.2 Å². The van der Waals surface area contributed by atoms with Crippen molar-refractivity contribution in [3.8, 4) is 0 Å². The third kappa shape index (κ3) is 3.87. The number of aromatic nitrogens is 1. The number of nitrogens with one attached hydrogen (secondary N) is 1. The lowest BCUT2D eigenvalue weighted by Crippen LogP contribution is -2.33. The maximum absolute atomic E-state index is 12.1. The molecule has 1 aliphatic heterocycles. The molecule has 0 saturated heterocycles. The lowest BCUT2D eigenvalue weighted by molar-refractivity contribution is 0.0876. The zero-order chi connectivity index (χ0) is 14.5. The Kier molecular flexibility index (Phi) is 4.84. The van der Waals surface area contributed by atoms with Gasteiger partial charge in [0, 0.05) is 19.7 Å². The molecule has 1 N–H and O–H groups in total. The Morgan fingerprint density at radius 1 is 1.55 bits per heavy atom. The lowest BCUT2D eigenvalue weighted by atomic mass is 10.1. The molecule has 0 aliphatic carbocycles. The molecule has 0 bridgehead atoms. The second kappa shape index (κ2) is 6.61. The smallest absolute Gasteiger partial charge is 0.251 e. The Hall–Kier alpha value is -1.75. The largest absolute Gasteiger partial charge is 0.497 e. The number of anilines is 1. The normalized spacial score (nSPS) is 17.4. The highest BCUT2D eigenvalue weighted by molar-refractivity contribution is 6.29. The van der Waals surface area contributed by atoms with Gasteiger partial charge in [0.1, 0.15) is 17.1 Å². The van der Waals surface area contributed by atoms with Gasteiger partial charge in [0.25, 0.3) is 5.91 Å². The summed E-state index contributed by atoms with van der Waals surface area (Å²) >= 11 is 5.94. The minimum atomic E-state index is -0.171. The number of carbonyl (C=O) groups is 1. The van der Waals surface area contributed by atoms with E-state index in [1.165, 1.54) is 0 Å². The van der Waals surface area contributed by atoms with Crippen molar-refractivity contribution >= 4 is 23.3 Å². The van der Waals surface area contributed by atoms with Gasteiger partial charge in [0.05, 0.1) is 12.8 Å². The fourth-order valence-electron chi connectivity index (χ4n) is 1.89. The molecule has 20 heavy (non-hydrogen) atoms. The monoisotopic (exact) mass is 295 g/mol. The minimum Gasteiger partial charge on any atom is -0.497 e. The van der Waals surface area contributed by atoms with Crippen LogP contribution in [-0.4, -0.2) is 37.6 Å². The first-order chi connectivity index (χ1) is 9.56. The van der Waals surface area contributed by atoms with Crippen molar-refractivity contribution in [1.82, 2.24) is 10.3 Å². The number of nitrogens with zero attached hydrogens (tertiary/aromatic N) is 2. The van der Waals surface area contributed by atoms with Crippen LogP contribution in [0.2, 0.25) is 5.15 Å². The number of ether oxygens (including phenoxy) is 1. The fraction of sp³-hybridized carbons (Fsp3) is 0.429. The molecule has 1 aliphatic rings. The van der Waals surface area contributed by atoms with E-state index in [0.29, 0.717) is 23.1 Å². The van der Waals surface area contributed by atoms with Crippen LogP contribution in [0.3, 0.4) is 0 Å². The summed E-state index contributed by atoms with van der Waals surface area (Å²) in [6.07, 6.45) is 5.59. The summed E-state index contributed by atoms with van der Waals surface area (Å²) < 4.78 is 5.41. The van der Waals surface area contributed by atoms with Crippen molar-refractivity contribution in [2.75, 3.05) is 25.5 Å². The Balaban J connectivity index is 1.99. The van der Waals surface area contributed by atoms with E-state index in [0.717, 1.165) is 12.8 Å². The first kappa shape index (κ1) is 14.7. The number of rotatable bonds is 4. The van der Waals surface area contributed by atoms with Gasteiger partial charge in [-0.3, -0.25) is 4.79 Å². The Morgan fingerprint density at radius 2 is 2.35 bits per heavy atom. The van der Waals surface area contributed by atoms with Gasteiger partial charge in [-0.2, -0.15) is 0 Å². The average Bonchev–Trinajstić information content (AvgIpc) is 2.45. The summed E-state index contributed by atoms with van der Waals surface area (Å²) in [5.74, 6) is 0.482. The van der Waals surface area contributed by atoms with E-state index in [-0.39, 0.29) is 12.0 Å². The average molecular weight is 296 g/mol. The SMILES string of the molecule is CN(C)c1cc(C(=O)NCC2CCC=CO2)cc(Cl)n1. The molecule has 0 saturated carbocycles. The van der Waals surface area contributed by atoms with Crippen LogP contribution in [0.4, 0.5) is 5.82 Å². The predicted molar refractivity (Wildman–Crippen MR) is 79.2 cm³/mol. The second-order valence-corrected chi connectivity index (χ2v) is 5.24. The minimum absolute atomic E-state index is 0.0366. The van der Waals surface area contributed by atoms with Crippen molar-refractivity contribution in [2.24, 2.45) is 0 Å². The molecule has 108 valence electrons. The van der Waals surface area contributed by atoms with E-state index < -0.39 is 0 Å². The number of carbonyl (C=O) groups excluding carboxylic acids is 1. The van der Waals surface area contributed by atoms with E-state index in [4.69, 9.17) is 16.3 Å². The topological polar surface area (TPSA) is 54.5 Å². The van der Waals surface area contributed by atoms with Crippen LogP contribution in [0, 0.1) is 0 Å². The van der Waals surface area contributed by atoms with Crippen molar-refractivity contribution in [2.45, 2.75) is 18.9 Å². The zero-order valence-electron chi connectivity index (χ0n) is 11.6. The van der Waals surface area contributed by atoms with E-state index in [9.17, 15) is 4.79 Å². The van der Waals surface area contributed by atoms with Crippen molar-refractivity contribution in [1.29, 1.82) is 0 Å². The Morgan fingerprint density at radius 3 is 3.00 bits per heavy atom. The molecular weight excluding hydrogens is 278 g/mol. The number of halogens is 1. The molecule has 1 amide bonds. The number of pyridine rings is 1. The van der Waals surface area contributed by atoms with Crippen LogP contribution < -0.4 is 10.2 Å². The van der Waals surface area contributed by atoms with Gasteiger partial charge < -0.3 is 15.0 Å². The van der Waals surface area contributed by atoms with Crippen LogP contribution in [0.25, 0.3) is 0 Å². The standard InChI is InChI=1S/C14H18ClN3O2/c1-18(2)13-8-10(7-12(15)17-13)14(19)16-9-11-5-3-4-6-20-11/h4,6-8,11H,3,5,9H2,1-2H3,(H,16,19). The maximum atomic E-state index is 12.1. The number of allylic oxidation sites excluding steroid dienone is 1. The van der Waals surface area contributed by atoms with Gasteiger partial charge in [-0.05, 0) is 31.1 Å². The highest BCUT2D eigenvalue weighted by atomic mass is 35.5. The Labute approximate surface area is 123 Å².